The SMILES string of the molecule is CC1OC(OC2COC(c3c(O)cc4oc(-c5ccc(O)cc5)cc(=O)c4c3O)C(O)C2O)C(O)C(O)C1O. The molecule has 2 aromatic carbocycles. The molecule has 0 bridgehead atoms. The maximum atomic E-state index is 12.9. The zero-order valence-corrected chi connectivity index (χ0v) is 20.5. The topological polar surface area (TPSA) is 220 Å². The van der Waals surface area contributed by atoms with E-state index in [1.165, 1.54) is 31.2 Å². The first-order chi connectivity index (χ1) is 18.5. The van der Waals surface area contributed by atoms with Gasteiger partial charge in [0, 0.05) is 17.7 Å². The summed E-state index contributed by atoms with van der Waals surface area (Å²) in [5.74, 6) is -1.18. The Morgan fingerprint density at radius 3 is 2.26 bits per heavy atom. The summed E-state index contributed by atoms with van der Waals surface area (Å²) in [5, 5.41) is 82.4. The highest BCUT2D eigenvalue weighted by atomic mass is 16.7. The van der Waals surface area contributed by atoms with Crippen LogP contribution in [0.2, 0.25) is 0 Å². The second kappa shape index (κ2) is 10.4. The van der Waals surface area contributed by atoms with E-state index in [9.17, 15) is 45.6 Å². The van der Waals surface area contributed by atoms with E-state index in [4.69, 9.17) is 18.6 Å². The lowest BCUT2D eigenvalue weighted by Gasteiger charge is -2.43. The molecule has 0 saturated carbocycles. The number of phenolic OH excluding ortho intramolecular Hbond substituents is 3. The van der Waals surface area contributed by atoms with E-state index in [2.05, 4.69) is 0 Å². The van der Waals surface area contributed by atoms with E-state index < -0.39 is 78.7 Å². The molecule has 210 valence electrons. The average Bonchev–Trinajstić information content (AvgIpc) is 2.89. The van der Waals surface area contributed by atoms with Crippen LogP contribution in [0.15, 0.2) is 45.6 Å². The first kappa shape index (κ1) is 27.3. The standard InChI is InChI=1S/C26H28O13/c1-9-19(30)22(33)24(35)26(37-9)39-16-8-36-25(23(34)20(16)31)18-13(29)7-15-17(21(18)32)12(28)6-14(38-15)10-2-4-11(27)5-3-10/h2-7,9,16,19-20,22-27,29-35H,8H2,1H3. The van der Waals surface area contributed by atoms with Crippen molar-refractivity contribution < 1.29 is 59.5 Å². The summed E-state index contributed by atoms with van der Waals surface area (Å²) >= 11 is 0. The predicted molar refractivity (Wildman–Crippen MR) is 131 cm³/mol. The lowest BCUT2D eigenvalue weighted by molar-refractivity contribution is -0.326. The van der Waals surface area contributed by atoms with Gasteiger partial charge >= 0.3 is 0 Å². The molecule has 9 unspecified atom stereocenters. The predicted octanol–water partition coefficient (Wildman–Crippen LogP) is -0.417. The van der Waals surface area contributed by atoms with E-state index in [1.54, 1.807) is 0 Å². The van der Waals surface area contributed by atoms with E-state index in [1.807, 2.05) is 0 Å². The molecule has 1 aromatic heterocycles. The molecule has 9 atom stereocenters. The Bertz CT molecular complexity index is 1400. The lowest BCUT2D eigenvalue weighted by atomic mass is 9.92. The Hall–Kier alpha value is -3.27. The summed E-state index contributed by atoms with van der Waals surface area (Å²) < 4.78 is 22.2. The number of aliphatic hydroxyl groups is 5. The van der Waals surface area contributed by atoms with Crippen molar-refractivity contribution >= 4 is 11.0 Å². The molecule has 2 fully saturated rings. The van der Waals surface area contributed by atoms with Crippen molar-refractivity contribution in [1.29, 1.82) is 0 Å². The minimum atomic E-state index is -1.78. The molecule has 13 nitrogen and oxygen atoms in total. The lowest BCUT2D eigenvalue weighted by Crippen LogP contribution is -2.60. The van der Waals surface area contributed by atoms with Crippen LogP contribution in [-0.2, 0) is 14.2 Å². The van der Waals surface area contributed by atoms with Crippen molar-refractivity contribution in [2.24, 2.45) is 0 Å². The Morgan fingerprint density at radius 1 is 0.872 bits per heavy atom. The van der Waals surface area contributed by atoms with Gasteiger partial charge in [-0.3, -0.25) is 4.79 Å². The molecule has 5 rings (SSSR count). The van der Waals surface area contributed by atoms with Crippen LogP contribution in [0.3, 0.4) is 0 Å². The van der Waals surface area contributed by atoms with Crippen LogP contribution < -0.4 is 5.43 Å². The molecule has 0 amide bonds. The zero-order valence-electron chi connectivity index (χ0n) is 20.5. The minimum Gasteiger partial charge on any atom is -0.508 e. The van der Waals surface area contributed by atoms with Gasteiger partial charge in [0.2, 0.25) is 0 Å². The number of phenols is 3. The number of hydrogen-bond donors (Lipinski definition) is 8. The van der Waals surface area contributed by atoms with Gasteiger partial charge < -0.3 is 59.5 Å². The fourth-order valence-electron chi connectivity index (χ4n) is 4.82. The van der Waals surface area contributed by atoms with Gasteiger partial charge in [-0.2, -0.15) is 0 Å². The largest absolute Gasteiger partial charge is 0.508 e. The maximum absolute atomic E-state index is 12.9. The van der Waals surface area contributed by atoms with Crippen molar-refractivity contribution in [3.8, 4) is 28.6 Å². The van der Waals surface area contributed by atoms with Gasteiger partial charge in [-0.1, -0.05) is 0 Å². The Kier molecular flexibility index (Phi) is 7.26. The van der Waals surface area contributed by atoms with Crippen LogP contribution >= 0.6 is 0 Å². The molecule has 0 spiro atoms. The molecule has 8 N–H and O–H groups in total. The summed E-state index contributed by atoms with van der Waals surface area (Å²) in [4.78, 5) is 12.9. The fraction of sp³-hybridized carbons (Fsp3) is 0.423. The number of hydrogen-bond acceptors (Lipinski definition) is 13. The Morgan fingerprint density at radius 2 is 1.56 bits per heavy atom. The van der Waals surface area contributed by atoms with Crippen molar-refractivity contribution in [2.45, 2.75) is 62.0 Å². The summed E-state index contributed by atoms with van der Waals surface area (Å²) in [6.45, 7) is 1.04. The van der Waals surface area contributed by atoms with Crippen LogP contribution in [0.1, 0.15) is 18.6 Å². The second-order valence-corrected chi connectivity index (χ2v) is 9.64. The van der Waals surface area contributed by atoms with E-state index in [-0.39, 0.29) is 28.0 Å². The number of benzene rings is 2. The molecule has 2 aliphatic heterocycles. The van der Waals surface area contributed by atoms with Gasteiger partial charge in [0.25, 0.3) is 0 Å². The van der Waals surface area contributed by atoms with Gasteiger partial charge in [-0.05, 0) is 31.2 Å². The summed E-state index contributed by atoms with van der Waals surface area (Å²) in [7, 11) is 0. The normalized spacial score (nSPS) is 33.3. The number of fused-ring (bicyclic) bond motifs is 1. The van der Waals surface area contributed by atoms with Crippen LogP contribution in [0.4, 0.5) is 0 Å². The summed E-state index contributed by atoms with van der Waals surface area (Å²) in [6.07, 6.45) is -13.2. The summed E-state index contributed by atoms with van der Waals surface area (Å²) in [6, 6.07) is 8.01. The second-order valence-electron chi connectivity index (χ2n) is 9.64. The fourth-order valence-corrected chi connectivity index (χ4v) is 4.82. The molecule has 2 saturated heterocycles. The maximum Gasteiger partial charge on any atom is 0.197 e. The van der Waals surface area contributed by atoms with Crippen molar-refractivity contribution in [3.63, 3.8) is 0 Å². The number of rotatable bonds is 4. The molecular formula is C26H28O13. The molecule has 3 heterocycles. The van der Waals surface area contributed by atoms with Gasteiger partial charge in [-0.25, -0.2) is 0 Å². The van der Waals surface area contributed by atoms with Gasteiger partial charge in [0.05, 0.1) is 18.3 Å². The summed E-state index contributed by atoms with van der Waals surface area (Å²) in [5.41, 5.74) is -0.727. The first-order valence-corrected chi connectivity index (χ1v) is 12.1. The van der Waals surface area contributed by atoms with Gasteiger partial charge in [0.15, 0.2) is 11.7 Å². The Labute approximate surface area is 220 Å². The third-order valence-electron chi connectivity index (χ3n) is 7.05. The van der Waals surface area contributed by atoms with Crippen molar-refractivity contribution in [1.82, 2.24) is 0 Å². The molecule has 0 aliphatic carbocycles. The smallest absolute Gasteiger partial charge is 0.197 e. The molecule has 13 heteroatoms. The van der Waals surface area contributed by atoms with Crippen molar-refractivity contribution in [3.05, 3.63) is 52.2 Å². The highest BCUT2D eigenvalue weighted by molar-refractivity contribution is 5.88. The van der Waals surface area contributed by atoms with Crippen LogP contribution in [0, 0.1) is 0 Å². The van der Waals surface area contributed by atoms with Crippen LogP contribution in [0.25, 0.3) is 22.3 Å². The van der Waals surface area contributed by atoms with E-state index in [0.29, 0.717) is 5.56 Å². The van der Waals surface area contributed by atoms with Crippen LogP contribution in [-0.4, -0.2) is 96.5 Å². The molecular weight excluding hydrogens is 520 g/mol. The van der Waals surface area contributed by atoms with E-state index in [0.717, 1.165) is 12.1 Å². The first-order valence-electron chi connectivity index (χ1n) is 12.1. The molecule has 39 heavy (non-hydrogen) atoms. The van der Waals surface area contributed by atoms with Gasteiger partial charge in [-0.15, -0.1) is 0 Å². The van der Waals surface area contributed by atoms with Crippen molar-refractivity contribution in [2.75, 3.05) is 6.61 Å². The van der Waals surface area contributed by atoms with Gasteiger partial charge in [0.1, 0.15) is 76.7 Å². The average molecular weight is 548 g/mol. The third kappa shape index (κ3) is 4.83. The molecule has 3 aromatic rings. The number of aromatic hydroxyl groups is 3. The minimum absolute atomic E-state index is 0.0103. The van der Waals surface area contributed by atoms with E-state index >= 15 is 0 Å². The molecule has 0 radical (unpaired) electrons. The third-order valence-corrected chi connectivity index (χ3v) is 7.05. The number of ether oxygens (including phenoxy) is 3. The highest BCUT2D eigenvalue weighted by Crippen LogP contribution is 2.44. The molecule has 2 aliphatic rings. The quantitative estimate of drug-likeness (QED) is 0.208. The zero-order chi connectivity index (χ0) is 28.2. The Balaban J connectivity index is 1.41. The monoisotopic (exact) mass is 548 g/mol. The van der Waals surface area contributed by atoms with Crippen LogP contribution in [0.5, 0.6) is 17.2 Å². The number of aliphatic hydroxyl groups excluding tert-OH is 5. The highest BCUT2D eigenvalue weighted by Gasteiger charge is 2.47.